The van der Waals surface area contributed by atoms with Crippen LogP contribution in [0.3, 0.4) is 0 Å². The van der Waals surface area contributed by atoms with E-state index < -0.39 is 0 Å². The van der Waals surface area contributed by atoms with Gasteiger partial charge in [0.05, 0.1) is 5.69 Å². The first kappa shape index (κ1) is 16.0. The lowest BCUT2D eigenvalue weighted by molar-refractivity contribution is 1.20. The highest BCUT2D eigenvalue weighted by molar-refractivity contribution is 5.73. The third kappa shape index (κ3) is 4.29. The zero-order valence-corrected chi connectivity index (χ0v) is 13.6. The summed E-state index contributed by atoms with van der Waals surface area (Å²) < 4.78 is 0. The number of hydrogen-bond acceptors (Lipinski definition) is 1. The van der Waals surface area contributed by atoms with Crippen LogP contribution in [-0.2, 0) is 0 Å². The van der Waals surface area contributed by atoms with Crippen LogP contribution in [0.5, 0.6) is 0 Å². The number of rotatable bonds is 5. The minimum atomic E-state index is 0.979. The zero-order chi connectivity index (χ0) is 15.9. The second-order valence-electron chi connectivity index (χ2n) is 5.51. The lowest BCUT2D eigenvalue weighted by atomic mass is 10.1. The number of pyridine rings is 1. The Kier molecular flexibility index (Phi) is 5.48. The SMILES string of the molecule is C=C(/C=C\C(C)=C/CC)c1ccc(-c2ccc(C)cc2)nc1. The first-order chi connectivity index (χ1) is 10.6. The quantitative estimate of drug-likeness (QED) is 0.617. The fourth-order valence-electron chi connectivity index (χ4n) is 2.20. The average Bonchev–Trinajstić information content (AvgIpc) is 2.54. The Morgan fingerprint density at radius 3 is 2.41 bits per heavy atom. The fraction of sp³-hybridized carbons (Fsp3) is 0.190. The molecule has 0 radical (unpaired) electrons. The van der Waals surface area contributed by atoms with Crippen LogP contribution in [0.2, 0.25) is 0 Å². The summed E-state index contributed by atoms with van der Waals surface area (Å²) in [4.78, 5) is 4.55. The van der Waals surface area contributed by atoms with Crippen LogP contribution in [0.1, 0.15) is 31.4 Å². The van der Waals surface area contributed by atoms with Crippen molar-refractivity contribution in [2.75, 3.05) is 0 Å². The third-order valence-electron chi connectivity index (χ3n) is 3.56. The maximum Gasteiger partial charge on any atom is 0.0702 e. The van der Waals surface area contributed by atoms with Gasteiger partial charge in [0.2, 0.25) is 0 Å². The van der Waals surface area contributed by atoms with Crippen molar-refractivity contribution in [2.45, 2.75) is 27.2 Å². The van der Waals surface area contributed by atoms with Gasteiger partial charge in [-0.2, -0.15) is 0 Å². The van der Waals surface area contributed by atoms with Crippen molar-refractivity contribution in [3.05, 3.63) is 84.1 Å². The molecule has 1 nitrogen and oxygen atoms in total. The molecule has 0 N–H and O–H groups in total. The van der Waals surface area contributed by atoms with E-state index in [0.717, 1.165) is 28.8 Å². The van der Waals surface area contributed by atoms with E-state index in [1.807, 2.05) is 18.3 Å². The van der Waals surface area contributed by atoms with Gasteiger partial charge in [0.25, 0.3) is 0 Å². The van der Waals surface area contributed by atoms with Crippen LogP contribution in [-0.4, -0.2) is 4.98 Å². The highest BCUT2D eigenvalue weighted by Gasteiger charge is 2.00. The molecule has 1 aromatic carbocycles. The van der Waals surface area contributed by atoms with Crippen LogP contribution in [0.4, 0.5) is 0 Å². The van der Waals surface area contributed by atoms with E-state index in [2.05, 4.69) is 74.8 Å². The van der Waals surface area contributed by atoms with E-state index in [0.29, 0.717) is 0 Å². The van der Waals surface area contributed by atoms with Crippen LogP contribution in [0.25, 0.3) is 16.8 Å². The molecule has 0 atom stereocenters. The molecule has 2 rings (SSSR count). The van der Waals surface area contributed by atoms with E-state index >= 15 is 0 Å². The minimum absolute atomic E-state index is 0.979. The maximum atomic E-state index is 4.55. The number of nitrogens with zero attached hydrogens (tertiary/aromatic N) is 1. The summed E-state index contributed by atoms with van der Waals surface area (Å²) in [6.07, 6.45) is 9.28. The highest BCUT2D eigenvalue weighted by atomic mass is 14.7. The van der Waals surface area contributed by atoms with Crippen molar-refractivity contribution < 1.29 is 0 Å². The summed E-state index contributed by atoms with van der Waals surface area (Å²) in [7, 11) is 0. The summed E-state index contributed by atoms with van der Waals surface area (Å²) in [6.45, 7) is 10.4. The Labute approximate surface area is 133 Å². The predicted molar refractivity (Wildman–Crippen MR) is 96.6 cm³/mol. The van der Waals surface area contributed by atoms with Gasteiger partial charge in [-0.3, -0.25) is 4.98 Å². The van der Waals surface area contributed by atoms with Gasteiger partial charge in [-0.15, -0.1) is 0 Å². The van der Waals surface area contributed by atoms with E-state index in [-0.39, 0.29) is 0 Å². The summed E-state index contributed by atoms with van der Waals surface area (Å²) >= 11 is 0. The van der Waals surface area contributed by atoms with Crippen molar-refractivity contribution in [1.29, 1.82) is 0 Å². The van der Waals surface area contributed by atoms with Crippen LogP contribution < -0.4 is 0 Å². The normalized spacial score (nSPS) is 11.9. The Morgan fingerprint density at radius 1 is 1.09 bits per heavy atom. The Hall–Kier alpha value is -2.41. The molecule has 0 amide bonds. The molecule has 0 fully saturated rings. The summed E-state index contributed by atoms with van der Waals surface area (Å²) in [5.74, 6) is 0. The summed E-state index contributed by atoms with van der Waals surface area (Å²) in [6, 6.07) is 12.5. The molecule has 0 aliphatic carbocycles. The van der Waals surface area contributed by atoms with Crippen molar-refractivity contribution in [2.24, 2.45) is 0 Å². The van der Waals surface area contributed by atoms with E-state index in [1.54, 1.807) is 0 Å². The molecule has 0 bridgehead atoms. The lowest BCUT2D eigenvalue weighted by Gasteiger charge is -2.04. The molecule has 2 aromatic rings. The largest absolute Gasteiger partial charge is 0.256 e. The molecule has 0 spiro atoms. The van der Waals surface area contributed by atoms with Gasteiger partial charge in [-0.1, -0.05) is 73.2 Å². The molecule has 0 saturated carbocycles. The topological polar surface area (TPSA) is 12.9 Å². The Bertz CT molecular complexity index is 686. The number of allylic oxidation sites excluding steroid dienone is 5. The fourth-order valence-corrected chi connectivity index (χ4v) is 2.20. The van der Waals surface area contributed by atoms with E-state index in [4.69, 9.17) is 0 Å². The molecule has 0 unspecified atom stereocenters. The first-order valence-electron chi connectivity index (χ1n) is 7.67. The molecule has 0 saturated heterocycles. The smallest absolute Gasteiger partial charge is 0.0702 e. The number of aryl methyl sites for hydroxylation is 1. The Morgan fingerprint density at radius 2 is 1.82 bits per heavy atom. The number of hydrogen-bond donors (Lipinski definition) is 0. The molecule has 1 heteroatoms. The monoisotopic (exact) mass is 289 g/mol. The van der Waals surface area contributed by atoms with Gasteiger partial charge in [0, 0.05) is 11.8 Å². The molecule has 0 aliphatic heterocycles. The molecule has 112 valence electrons. The molecule has 1 aromatic heterocycles. The third-order valence-corrected chi connectivity index (χ3v) is 3.56. The lowest BCUT2D eigenvalue weighted by Crippen LogP contribution is -1.87. The zero-order valence-electron chi connectivity index (χ0n) is 13.6. The summed E-state index contributed by atoms with van der Waals surface area (Å²) in [5.41, 5.74) is 6.67. The number of benzene rings is 1. The molecular weight excluding hydrogens is 266 g/mol. The Balaban J connectivity index is 2.13. The minimum Gasteiger partial charge on any atom is -0.256 e. The summed E-state index contributed by atoms with van der Waals surface area (Å²) in [5, 5.41) is 0. The maximum absolute atomic E-state index is 4.55. The second-order valence-corrected chi connectivity index (χ2v) is 5.51. The van der Waals surface area contributed by atoms with Crippen LogP contribution in [0.15, 0.2) is 73.0 Å². The van der Waals surface area contributed by atoms with Gasteiger partial charge < -0.3 is 0 Å². The molecule has 1 heterocycles. The highest BCUT2D eigenvalue weighted by Crippen LogP contribution is 2.20. The first-order valence-corrected chi connectivity index (χ1v) is 7.67. The van der Waals surface area contributed by atoms with Gasteiger partial charge >= 0.3 is 0 Å². The van der Waals surface area contributed by atoms with Gasteiger partial charge in [-0.05, 0) is 37.5 Å². The standard InChI is InChI=1S/C21H23N/c1-5-6-16(2)7-10-18(4)20-13-14-21(22-15-20)19-11-8-17(3)9-12-19/h6-15H,4-5H2,1-3H3/b10-7-,16-6-. The molecular formula is C21H23N. The van der Waals surface area contributed by atoms with E-state index in [9.17, 15) is 0 Å². The average molecular weight is 289 g/mol. The number of aromatic nitrogens is 1. The van der Waals surface area contributed by atoms with Crippen molar-refractivity contribution >= 4 is 5.57 Å². The van der Waals surface area contributed by atoms with Gasteiger partial charge in [-0.25, -0.2) is 0 Å². The van der Waals surface area contributed by atoms with Gasteiger partial charge in [0.1, 0.15) is 0 Å². The molecule has 22 heavy (non-hydrogen) atoms. The molecule has 0 aliphatic rings. The van der Waals surface area contributed by atoms with Crippen LogP contribution in [0, 0.1) is 6.92 Å². The van der Waals surface area contributed by atoms with Gasteiger partial charge in [0.15, 0.2) is 0 Å². The second kappa shape index (κ2) is 7.56. The van der Waals surface area contributed by atoms with Crippen molar-refractivity contribution in [3.63, 3.8) is 0 Å². The predicted octanol–water partition coefficient (Wildman–Crippen LogP) is 5.98. The van der Waals surface area contributed by atoms with Crippen molar-refractivity contribution in [1.82, 2.24) is 4.98 Å². The van der Waals surface area contributed by atoms with E-state index in [1.165, 1.54) is 11.1 Å². The van der Waals surface area contributed by atoms with Crippen molar-refractivity contribution in [3.8, 4) is 11.3 Å². The van der Waals surface area contributed by atoms with Crippen LogP contribution >= 0.6 is 0 Å².